The summed E-state index contributed by atoms with van der Waals surface area (Å²) in [5.41, 5.74) is 1.26. The van der Waals surface area contributed by atoms with E-state index in [-0.39, 0.29) is 0 Å². The molecule has 1 atom stereocenters. The molecule has 0 aliphatic rings. The topological polar surface area (TPSA) is 42.7 Å². The first-order chi connectivity index (χ1) is 8.79. The molecule has 1 aromatic heterocycles. The molecule has 2 aromatic rings. The lowest BCUT2D eigenvalue weighted by molar-refractivity contribution is 0.471. The van der Waals surface area contributed by atoms with Crippen molar-refractivity contribution in [2.45, 2.75) is 25.9 Å². The summed E-state index contributed by atoms with van der Waals surface area (Å²) in [5, 5.41) is 12.0. The maximum atomic E-state index is 5.89. The van der Waals surface area contributed by atoms with Crippen LogP contribution in [0.3, 0.4) is 0 Å². The minimum Gasteiger partial charge on any atom is -0.308 e. The minimum absolute atomic E-state index is 0.353. The van der Waals surface area contributed by atoms with E-state index in [4.69, 9.17) is 11.6 Å². The summed E-state index contributed by atoms with van der Waals surface area (Å²) in [6.45, 7) is 3.86. The van der Waals surface area contributed by atoms with Crippen LogP contribution in [0.25, 0.3) is 0 Å². The van der Waals surface area contributed by atoms with Gasteiger partial charge in [-0.15, -0.1) is 5.10 Å². The van der Waals surface area contributed by atoms with E-state index in [1.54, 1.807) is 6.20 Å². The molecule has 0 aliphatic heterocycles. The van der Waals surface area contributed by atoms with Crippen molar-refractivity contribution in [2.75, 3.05) is 6.54 Å². The number of aromatic nitrogens is 3. The van der Waals surface area contributed by atoms with Crippen molar-refractivity contribution in [3.05, 3.63) is 47.2 Å². The highest BCUT2D eigenvalue weighted by Crippen LogP contribution is 2.18. The van der Waals surface area contributed by atoms with Crippen molar-refractivity contribution < 1.29 is 0 Å². The van der Waals surface area contributed by atoms with Gasteiger partial charge < -0.3 is 5.32 Å². The minimum atomic E-state index is 0.353. The second-order valence-electron chi connectivity index (χ2n) is 4.13. The monoisotopic (exact) mass is 264 g/mol. The standard InChI is InChI=1S/C13H17ClN4/c1-2-13(11-3-5-12(14)6-4-11)15-7-9-18-10-8-16-17-18/h3-6,8,10,13,15H,2,7,9H2,1H3. The van der Waals surface area contributed by atoms with Crippen molar-refractivity contribution in [2.24, 2.45) is 0 Å². The molecule has 5 heteroatoms. The Morgan fingerprint density at radius 3 is 2.72 bits per heavy atom. The molecule has 4 nitrogen and oxygen atoms in total. The van der Waals surface area contributed by atoms with Crippen LogP contribution in [0.1, 0.15) is 24.9 Å². The summed E-state index contributed by atoms with van der Waals surface area (Å²) >= 11 is 5.89. The summed E-state index contributed by atoms with van der Waals surface area (Å²) in [7, 11) is 0. The summed E-state index contributed by atoms with van der Waals surface area (Å²) in [6.07, 6.45) is 4.60. The third-order valence-electron chi connectivity index (χ3n) is 2.88. The zero-order valence-electron chi connectivity index (χ0n) is 10.4. The van der Waals surface area contributed by atoms with Gasteiger partial charge in [0.15, 0.2) is 0 Å². The molecule has 1 aromatic carbocycles. The van der Waals surface area contributed by atoms with E-state index in [2.05, 4.69) is 34.7 Å². The fourth-order valence-corrected chi connectivity index (χ4v) is 2.02. The lowest BCUT2D eigenvalue weighted by Crippen LogP contribution is -2.25. The van der Waals surface area contributed by atoms with Crippen molar-refractivity contribution in [1.29, 1.82) is 0 Å². The van der Waals surface area contributed by atoms with Gasteiger partial charge in [-0.05, 0) is 24.1 Å². The maximum Gasteiger partial charge on any atom is 0.0692 e. The maximum absolute atomic E-state index is 5.89. The van der Waals surface area contributed by atoms with E-state index >= 15 is 0 Å². The quantitative estimate of drug-likeness (QED) is 0.872. The average Bonchev–Trinajstić information content (AvgIpc) is 2.89. The highest BCUT2D eigenvalue weighted by Gasteiger charge is 2.07. The van der Waals surface area contributed by atoms with Gasteiger partial charge in [0.25, 0.3) is 0 Å². The fourth-order valence-electron chi connectivity index (χ4n) is 1.90. The number of nitrogens with zero attached hydrogens (tertiary/aromatic N) is 3. The molecule has 0 saturated heterocycles. The molecule has 18 heavy (non-hydrogen) atoms. The summed E-state index contributed by atoms with van der Waals surface area (Å²) in [4.78, 5) is 0. The van der Waals surface area contributed by atoms with E-state index in [0.29, 0.717) is 6.04 Å². The number of hydrogen-bond acceptors (Lipinski definition) is 3. The van der Waals surface area contributed by atoms with Gasteiger partial charge in [0.2, 0.25) is 0 Å². The Labute approximate surface area is 112 Å². The van der Waals surface area contributed by atoms with E-state index < -0.39 is 0 Å². The van der Waals surface area contributed by atoms with Gasteiger partial charge in [-0.2, -0.15) is 0 Å². The van der Waals surface area contributed by atoms with Gasteiger partial charge in [-0.1, -0.05) is 35.9 Å². The molecule has 0 radical (unpaired) electrons. The Morgan fingerprint density at radius 2 is 2.11 bits per heavy atom. The molecule has 96 valence electrons. The van der Waals surface area contributed by atoms with Gasteiger partial charge in [0, 0.05) is 23.8 Å². The highest BCUT2D eigenvalue weighted by molar-refractivity contribution is 6.30. The fraction of sp³-hybridized carbons (Fsp3) is 0.385. The van der Waals surface area contributed by atoms with Crippen LogP contribution in [0, 0.1) is 0 Å². The molecule has 0 amide bonds. The first kappa shape index (κ1) is 13.1. The van der Waals surface area contributed by atoms with E-state index in [1.807, 2.05) is 23.0 Å². The number of benzene rings is 1. The van der Waals surface area contributed by atoms with Gasteiger partial charge in [-0.3, -0.25) is 4.68 Å². The van der Waals surface area contributed by atoms with Crippen molar-refractivity contribution in [3.63, 3.8) is 0 Å². The smallest absolute Gasteiger partial charge is 0.0692 e. The normalized spacial score (nSPS) is 12.6. The lowest BCUT2D eigenvalue weighted by atomic mass is 10.0. The second-order valence-corrected chi connectivity index (χ2v) is 4.57. The van der Waals surface area contributed by atoms with Gasteiger partial charge in [-0.25, -0.2) is 0 Å². The molecular weight excluding hydrogens is 248 g/mol. The first-order valence-electron chi connectivity index (χ1n) is 6.12. The van der Waals surface area contributed by atoms with Crippen molar-refractivity contribution in [1.82, 2.24) is 20.3 Å². The van der Waals surface area contributed by atoms with Crippen LogP contribution in [0.4, 0.5) is 0 Å². The highest BCUT2D eigenvalue weighted by atomic mass is 35.5. The number of nitrogens with one attached hydrogen (secondary N) is 1. The molecular formula is C13H17ClN4. The SMILES string of the molecule is CCC(NCCn1ccnn1)c1ccc(Cl)cc1. The first-order valence-corrected chi connectivity index (χ1v) is 6.50. The van der Waals surface area contributed by atoms with Gasteiger partial charge in [0.1, 0.15) is 0 Å². The molecule has 0 fully saturated rings. The van der Waals surface area contributed by atoms with E-state index in [9.17, 15) is 0 Å². The van der Waals surface area contributed by atoms with Crippen LogP contribution in [-0.2, 0) is 6.54 Å². The number of halogens is 1. The predicted octanol–water partition coefficient (Wildman–Crippen LogP) is 2.67. The summed E-state index contributed by atoms with van der Waals surface area (Å²) in [5.74, 6) is 0. The molecule has 0 spiro atoms. The number of hydrogen-bond donors (Lipinski definition) is 1. The molecule has 0 saturated carbocycles. The molecule has 1 heterocycles. The van der Waals surface area contributed by atoms with Gasteiger partial charge in [0.05, 0.1) is 12.7 Å². The molecule has 1 unspecified atom stereocenters. The Kier molecular flexibility index (Phi) is 4.73. The Bertz CT molecular complexity index is 452. The lowest BCUT2D eigenvalue weighted by Gasteiger charge is -2.17. The third kappa shape index (κ3) is 3.55. The molecule has 1 N–H and O–H groups in total. The van der Waals surface area contributed by atoms with Crippen LogP contribution in [0.5, 0.6) is 0 Å². The van der Waals surface area contributed by atoms with E-state index in [1.165, 1.54) is 5.56 Å². The van der Waals surface area contributed by atoms with Crippen LogP contribution in [0.15, 0.2) is 36.7 Å². The van der Waals surface area contributed by atoms with Crippen LogP contribution < -0.4 is 5.32 Å². The predicted molar refractivity (Wildman–Crippen MR) is 72.5 cm³/mol. The zero-order valence-corrected chi connectivity index (χ0v) is 11.1. The third-order valence-corrected chi connectivity index (χ3v) is 3.14. The van der Waals surface area contributed by atoms with Crippen molar-refractivity contribution >= 4 is 11.6 Å². The zero-order chi connectivity index (χ0) is 12.8. The largest absolute Gasteiger partial charge is 0.308 e. The Morgan fingerprint density at radius 1 is 1.33 bits per heavy atom. The number of rotatable bonds is 6. The molecule has 2 rings (SSSR count). The van der Waals surface area contributed by atoms with Crippen LogP contribution in [0.2, 0.25) is 5.02 Å². The average molecular weight is 265 g/mol. The van der Waals surface area contributed by atoms with Crippen molar-refractivity contribution in [3.8, 4) is 0 Å². The Balaban J connectivity index is 1.87. The molecule has 0 bridgehead atoms. The van der Waals surface area contributed by atoms with Gasteiger partial charge >= 0.3 is 0 Å². The second kappa shape index (κ2) is 6.52. The summed E-state index contributed by atoms with van der Waals surface area (Å²) < 4.78 is 1.82. The van der Waals surface area contributed by atoms with Crippen LogP contribution >= 0.6 is 11.6 Å². The van der Waals surface area contributed by atoms with Crippen LogP contribution in [-0.4, -0.2) is 21.5 Å². The molecule has 0 aliphatic carbocycles. The van der Waals surface area contributed by atoms with E-state index in [0.717, 1.165) is 24.5 Å². The summed E-state index contributed by atoms with van der Waals surface area (Å²) in [6, 6.07) is 8.35. The Hall–Kier alpha value is -1.39.